The molecule has 104 valence electrons. The van der Waals surface area contributed by atoms with Gasteiger partial charge in [-0.3, -0.25) is 14.5 Å². The standard InChI is InChI=1S/C12H15ClN2O4/c13-9-3-1-2-4-10(9)19-6-5-15(7-11(14)16)8-12(17)18/h1-4H,5-8H2,(H2,14,16)(H,17,18). The van der Waals surface area contributed by atoms with Crippen molar-refractivity contribution in [3.63, 3.8) is 0 Å². The van der Waals surface area contributed by atoms with E-state index in [1.165, 1.54) is 4.90 Å². The molecule has 6 nitrogen and oxygen atoms in total. The minimum atomic E-state index is -1.03. The van der Waals surface area contributed by atoms with Crippen LogP contribution >= 0.6 is 11.6 Å². The Hall–Kier alpha value is -1.79. The van der Waals surface area contributed by atoms with Gasteiger partial charge in [-0.15, -0.1) is 0 Å². The highest BCUT2D eigenvalue weighted by Crippen LogP contribution is 2.22. The first-order chi connectivity index (χ1) is 8.99. The number of nitrogens with zero attached hydrogens (tertiary/aromatic N) is 1. The maximum absolute atomic E-state index is 10.8. The number of hydrogen-bond donors (Lipinski definition) is 2. The second kappa shape index (κ2) is 7.60. The molecule has 1 rings (SSSR count). The van der Waals surface area contributed by atoms with Gasteiger partial charge in [-0.1, -0.05) is 23.7 Å². The van der Waals surface area contributed by atoms with Crippen molar-refractivity contribution in [3.05, 3.63) is 29.3 Å². The summed E-state index contributed by atoms with van der Waals surface area (Å²) in [5.74, 6) is -1.10. The van der Waals surface area contributed by atoms with Crippen LogP contribution in [0.3, 0.4) is 0 Å². The molecule has 3 N–H and O–H groups in total. The van der Waals surface area contributed by atoms with Gasteiger partial charge in [0.15, 0.2) is 0 Å². The first kappa shape index (κ1) is 15.3. The van der Waals surface area contributed by atoms with Crippen molar-refractivity contribution in [2.24, 2.45) is 5.73 Å². The highest BCUT2D eigenvalue weighted by molar-refractivity contribution is 6.32. The summed E-state index contributed by atoms with van der Waals surface area (Å²) in [4.78, 5) is 22.8. The van der Waals surface area contributed by atoms with Gasteiger partial charge in [-0.25, -0.2) is 0 Å². The van der Waals surface area contributed by atoms with Crippen molar-refractivity contribution < 1.29 is 19.4 Å². The monoisotopic (exact) mass is 286 g/mol. The molecule has 1 amide bonds. The molecule has 0 aliphatic carbocycles. The molecule has 1 aromatic rings. The Bertz CT molecular complexity index is 437. The lowest BCUT2D eigenvalue weighted by atomic mass is 10.3. The van der Waals surface area contributed by atoms with Crippen LogP contribution in [0.15, 0.2) is 24.3 Å². The van der Waals surface area contributed by atoms with E-state index in [1.54, 1.807) is 24.3 Å². The van der Waals surface area contributed by atoms with Gasteiger partial charge >= 0.3 is 5.97 Å². The SMILES string of the molecule is NC(=O)CN(CCOc1ccccc1Cl)CC(=O)O. The maximum Gasteiger partial charge on any atom is 0.317 e. The van der Waals surface area contributed by atoms with Crippen molar-refractivity contribution >= 4 is 23.5 Å². The minimum absolute atomic E-state index is 0.127. The number of carboxylic acid groups (broad SMARTS) is 1. The number of carboxylic acids is 1. The Labute approximate surface area is 115 Å². The number of halogens is 1. The van der Waals surface area contributed by atoms with Crippen molar-refractivity contribution in [2.45, 2.75) is 0 Å². The van der Waals surface area contributed by atoms with Crippen LogP contribution in [-0.2, 0) is 9.59 Å². The zero-order valence-corrected chi connectivity index (χ0v) is 11.0. The summed E-state index contributed by atoms with van der Waals surface area (Å²) in [5, 5.41) is 9.18. The molecule has 0 radical (unpaired) electrons. The van der Waals surface area contributed by atoms with Crippen LogP contribution in [0.2, 0.25) is 5.02 Å². The van der Waals surface area contributed by atoms with Crippen LogP contribution in [0, 0.1) is 0 Å². The van der Waals surface area contributed by atoms with Gasteiger partial charge in [0.25, 0.3) is 0 Å². The predicted octanol–water partition coefficient (Wildman–Crippen LogP) is 0.591. The van der Waals surface area contributed by atoms with E-state index in [1.807, 2.05) is 0 Å². The summed E-state index contributed by atoms with van der Waals surface area (Å²) >= 11 is 5.90. The Balaban J connectivity index is 2.45. The Morgan fingerprint density at radius 3 is 2.58 bits per heavy atom. The first-order valence-corrected chi connectivity index (χ1v) is 5.96. The molecule has 0 spiro atoms. The molecule has 0 bridgehead atoms. The van der Waals surface area contributed by atoms with E-state index in [9.17, 15) is 9.59 Å². The van der Waals surface area contributed by atoms with E-state index in [2.05, 4.69) is 0 Å². The molecule has 19 heavy (non-hydrogen) atoms. The Morgan fingerprint density at radius 2 is 2.00 bits per heavy atom. The highest BCUT2D eigenvalue weighted by atomic mass is 35.5. The molecule has 1 aromatic carbocycles. The average molecular weight is 287 g/mol. The largest absolute Gasteiger partial charge is 0.491 e. The molecule has 0 aliphatic heterocycles. The van der Waals surface area contributed by atoms with Gasteiger partial charge in [-0.05, 0) is 12.1 Å². The summed E-state index contributed by atoms with van der Waals surface area (Å²) in [6, 6.07) is 6.95. The lowest BCUT2D eigenvalue weighted by Gasteiger charge is -2.18. The molecule has 7 heteroatoms. The molecule has 0 saturated carbocycles. The van der Waals surface area contributed by atoms with E-state index >= 15 is 0 Å². The van der Waals surface area contributed by atoms with Gasteiger partial charge in [-0.2, -0.15) is 0 Å². The second-order valence-electron chi connectivity index (χ2n) is 3.85. The van der Waals surface area contributed by atoms with Gasteiger partial charge in [0, 0.05) is 6.54 Å². The molecular formula is C12H15ClN2O4. The Morgan fingerprint density at radius 1 is 1.32 bits per heavy atom. The number of aliphatic carboxylic acids is 1. The number of amides is 1. The molecular weight excluding hydrogens is 272 g/mol. The molecule has 0 unspecified atom stereocenters. The van der Waals surface area contributed by atoms with Crippen molar-refractivity contribution in [1.82, 2.24) is 4.90 Å². The van der Waals surface area contributed by atoms with E-state index < -0.39 is 11.9 Å². The fourth-order valence-corrected chi connectivity index (χ4v) is 1.66. The fraction of sp³-hybridized carbons (Fsp3) is 0.333. The molecule has 0 fully saturated rings. The van der Waals surface area contributed by atoms with Crippen molar-refractivity contribution in [3.8, 4) is 5.75 Å². The summed E-state index contributed by atoms with van der Waals surface area (Å²) in [6.07, 6.45) is 0. The number of ether oxygens (including phenoxy) is 1. The van der Waals surface area contributed by atoms with Crippen molar-refractivity contribution in [2.75, 3.05) is 26.2 Å². The number of carbonyl (C=O) groups is 2. The summed E-state index contributed by atoms with van der Waals surface area (Å²) in [6.45, 7) is 0.0811. The van der Waals surface area contributed by atoms with Gasteiger partial charge in [0.2, 0.25) is 5.91 Å². The number of rotatable bonds is 8. The number of primary amides is 1. The van der Waals surface area contributed by atoms with Crippen LogP contribution in [0.25, 0.3) is 0 Å². The van der Waals surface area contributed by atoms with E-state index in [0.717, 1.165) is 0 Å². The van der Waals surface area contributed by atoms with Crippen LogP contribution in [0.5, 0.6) is 5.75 Å². The average Bonchev–Trinajstić information content (AvgIpc) is 2.30. The number of hydrogen-bond acceptors (Lipinski definition) is 4. The third kappa shape index (κ3) is 6.08. The van der Waals surface area contributed by atoms with Crippen LogP contribution in [0.4, 0.5) is 0 Å². The van der Waals surface area contributed by atoms with Gasteiger partial charge in [0.1, 0.15) is 12.4 Å². The molecule has 0 aromatic heterocycles. The summed E-state index contributed by atoms with van der Waals surface area (Å²) < 4.78 is 5.41. The first-order valence-electron chi connectivity index (χ1n) is 5.59. The molecule has 0 saturated heterocycles. The fourth-order valence-electron chi connectivity index (χ4n) is 1.47. The van der Waals surface area contributed by atoms with Crippen molar-refractivity contribution in [1.29, 1.82) is 0 Å². The van der Waals surface area contributed by atoms with Crippen LogP contribution in [-0.4, -0.2) is 48.1 Å². The van der Waals surface area contributed by atoms with Crippen LogP contribution in [0.1, 0.15) is 0 Å². The van der Waals surface area contributed by atoms with E-state index in [0.29, 0.717) is 10.8 Å². The zero-order valence-electron chi connectivity index (χ0n) is 10.2. The molecule has 0 heterocycles. The molecule has 0 atom stereocenters. The minimum Gasteiger partial charge on any atom is -0.491 e. The van der Waals surface area contributed by atoms with Gasteiger partial charge < -0.3 is 15.6 Å². The lowest BCUT2D eigenvalue weighted by molar-refractivity contribution is -0.138. The van der Waals surface area contributed by atoms with Gasteiger partial charge in [0.05, 0.1) is 18.1 Å². The third-order valence-corrected chi connectivity index (χ3v) is 2.55. The predicted molar refractivity (Wildman–Crippen MR) is 70.2 cm³/mol. The summed E-state index contributed by atoms with van der Waals surface area (Å²) in [5.41, 5.74) is 5.04. The summed E-state index contributed by atoms with van der Waals surface area (Å²) in [7, 11) is 0. The normalized spacial score (nSPS) is 10.4. The number of benzene rings is 1. The Kier molecular flexibility index (Phi) is 6.11. The number of carbonyl (C=O) groups excluding carboxylic acids is 1. The number of para-hydroxylation sites is 1. The molecule has 0 aliphatic rings. The van der Waals surface area contributed by atoms with E-state index in [4.69, 9.17) is 27.2 Å². The third-order valence-electron chi connectivity index (χ3n) is 2.24. The second-order valence-corrected chi connectivity index (χ2v) is 4.26. The lowest BCUT2D eigenvalue weighted by Crippen LogP contribution is -2.39. The topological polar surface area (TPSA) is 92.9 Å². The van der Waals surface area contributed by atoms with E-state index in [-0.39, 0.29) is 26.2 Å². The van der Waals surface area contributed by atoms with Crippen LogP contribution < -0.4 is 10.5 Å². The smallest absolute Gasteiger partial charge is 0.317 e. The quantitative estimate of drug-likeness (QED) is 0.730. The maximum atomic E-state index is 10.8. The number of nitrogens with two attached hydrogens (primary N) is 1. The highest BCUT2D eigenvalue weighted by Gasteiger charge is 2.12. The zero-order chi connectivity index (χ0) is 14.3.